The fraction of sp³-hybridized carbons (Fsp3) is 0.286. The quantitative estimate of drug-likeness (QED) is 0.260. The Morgan fingerprint density at radius 1 is 1.00 bits per heavy atom. The standard InChI is InChI=1S/C28H28N2O6/c1-35-27(33)22(25(31)28(34)36-2)24-20-16-10-9-15-19(20)21(26(32)30-24)23(17-11-5-3-6-12-17)29-18-13-7-4-8-14-18/h3-9,11-15,19-21,23,29,31H,10,16H2,1-2H3/b25-22+/t19-,20+,21+,23+/m0/s1. The summed E-state index contributed by atoms with van der Waals surface area (Å²) in [6.45, 7) is 0. The molecule has 1 aliphatic carbocycles. The number of amides is 1. The Labute approximate surface area is 209 Å². The van der Waals surface area contributed by atoms with Gasteiger partial charge in [0, 0.05) is 11.6 Å². The number of aliphatic hydroxyl groups is 1. The first-order valence-electron chi connectivity index (χ1n) is 11.7. The maximum absolute atomic E-state index is 13.7. The second kappa shape index (κ2) is 11.0. The molecule has 1 heterocycles. The maximum atomic E-state index is 13.7. The largest absolute Gasteiger partial charge is 0.501 e. The van der Waals surface area contributed by atoms with Crippen LogP contribution in [0.5, 0.6) is 0 Å². The number of fused-ring (bicyclic) bond motifs is 1. The molecule has 2 aromatic rings. The van der Waals surface area contributed by atoms with Gasteiger partial charge in [-0.3, -0.25) is 4.79 Å². The minimum absolute atomic E-state index is 0.0480. The van der Waals surface area contributed by atoms with Crippen LogP contribution in [0.1, 0.15) is 24.4 Å². The maximum Gasteiger partial charge on any atom is 0.374 e. The molecule has 2 aliphatic rings. The van der Waals surface area contributed by atoms with Gasteiger partial charge in [0.2, 0.25) is 5.76 Å². The van der Waals surface area contributed by atoms with Crippen LogP contribution in [0.2, 0.25) is 0 Å². The molecule has 0 spiro atoms. The highest BCUT2D eigenvalue weighted by Gasteiger charge is 2.47. The first kappa shape index (κ1) is 24.9. The summed E-state index contributed by atoms with van der Waals surface area (Å²) in [5.74, 6) is -4.80. The van der Waals surface area contributed by atoms with Gasteiger partial charge in [-0.25, -0.2) is 14.6 Å². The van der Waals surface area contributed by atoms with E-state index in [1.165, 1.54) is 0 Å². The van der Waals surface area contributed by atoms with Gasteiger partial charge in [-0.2, -0.15) is 0 Å². The molecule has 4 rings (SSSR count). The van der Waals surface area contributed by atoms with Crippen molar-refractivity contribution in [2.24, 2.45) is 22.7 Å². The first-order valence-corrected chi connectivity index (χ1v) is 11.7. The number of carbonyl (C=O) groups excluding carboxylic acids is 3. The van der Waals surface area contributed by atoms with Gasteiger partial charge in [0.05, 0.1) is 31.9 Å². The Balaban J connectivity index is 1.84. The van der Waals surface area contributed by atoms with E-state index in [0.717, 1.165) is 25.5 Å². The molecule has 0 aromatic heterocycles. The zero-order valence-electron chi connectivity index (χ0n) is 20.1. The summed E-state index contributed by atoms with van der Waals surface area (Å²) in [5.41, 5.74) is 1.38. The number of aliphatic hydroxyl groups excluding tert-OH is 1. The molecule has 4 atom stereocenters. The summed E-state index contributed by atoms with van der Waals surface area (Å²) in [7, 11) is 2.22. The molecule has 8 nitrogen and oxygen atoms in total. The zero-order chi connectivity index (χ0) is 25.7. The van der Waals surface area contributed by atoms with Gasteiger partial charge in [-0.15, -0.1) is 0 Å². The predicted octanol–water partition coefficient (Wildman–Crippen LogP) is 4.18. The summed E-state index contributed by atoms with van der Waals surface area (Å²) in [4.78, 5) is 42.8. The average molecular weight is 489 g/mol. The van der Waals surface area contributed by atoms with E-state index in [1.54, 1.807) is 0 Å². The fourth-order valence-corrected chi connectivity index (χ4v) is 4.97. The molecule has 36 heavy (non-hydrogen) atoms. The Kier molecular flexibility index (Phi) is 7.63. The number of allylic oxidation sites excluding steroid dienone is 2. The number of anilines is 1. The molecule has 8 heteroatoms. The molecule has 186 valence electrons. The van der Waals surface area contributed by atoms with E-state index in [9.17, 15) is 19.5 Å². The van der Waals surface area contributed by atoms with Gasteiger partial charge in [0.25, 0.3) is 5.91 Å². The number of para-hydroxylation sites is 1. The Morgan fingerprint density at radius 2 is 1.64 bits per heavy atom. The number of nitrogens with one attached hydrogen (secondary N) is 1. The van der Waals surface area contributed by atoms with Gasteiger partial charge >= 0.3 is 11.9 Å². The van der Waals surface area contributed by atoms with E-state index in [0.29, 0.717) is 12.8 Å². The van der Waals surface area contributed by atoms with Crippen molar-refractivity contribution in [2.75, 3.05) is 19.5 Å². The van der Waals surface area contributed by atoms with Crippen molar-refractivity contribution in [3.63, 3.8) is 0 Å². The first-order chi connectivity index (χ1) is 17.5. The molecule has 2 aromatic carbocycles. The molecule has 0 fully saturated rings. The van der Waals surface area contributed by atoms with E-state index >= 15 is 0 Å². The smallest absolute Gasteiger partial charge is 0.374 e. The van der Waals surface area contributed by atoms with Crippen molar-refractivity contribution >= 4 is 29.2 Å². The number of hydrogen-bond donors (Lipinski definition) is 2. The number of aliphatic imine (C=N–C) groups is 1. The highest BCUT2D eigenvalue weighted by Crippen LogP contribution is 2.44. The van der Waals surface area contributed by atoms with Crippen molar-refractivity contribution < 1.29 is 29.0 Å². The molecule has 0 unspecified atom stereocenters. The third-order valence-electron chi connectivity index (χ3n) is 6.62. The summed E-state index contributed by atoms with van der Waals surface area (Å²) in [5, 5.41) is 14.0. The highest BCUT2D eigenvalue weighted by molar-refractivity contribution is 6.26. The second-order valence-electron chi connectivity index (χ2n) is 8.66. The molecule has 0 saturated heterocycles. The summed E-state index contributed by atoms with van der Waals surface area (Å²) < 4.78 is 9.44. The molecule has 0 radical (unpaired) electrons. The van der Waals surface area contributed by atoms with Crippen LogP contribution in [-0.4, -0.2) is 42.9 Å². The summed E-state index contributed by atoms with van der Waals surface area (Å²) in [6, 6.07) is 18.8. The third kappa shape index (κ3) is 4.93. The fourth-order valence-electron chi connectivity index (χ4n) is 4.97. The van der Waals surface area contributed by atoms with Crippen molar-refractivity contribution in [2.45, 2.75) is 18.9 Å². The molecular formula is C28H28N2O6. The van der Waals surface area contributed by atoms with Crippen molar-refractivity contribution in [3.05, 3.63) is 89.7 Å². The van der Waals surface area contributed by atoms with E-state index in [2.05, 4.69) is 15.0 Å². The van der Waals surface area contributed by atoms with Crippen molar-refractivity contribution in [3.8, 4) is 0 Å². The summed E-state index contributed by atoms with van der Waals surface area (Å²) >= 11 is 0. The number of ether oxygens (including phenoxy) is 2. The molecule has 0 bridgehead atoms. The van der Waals surface area contributed by atoms with Crippen LogP contribution in [0.3, 0.4) is 0 Å². The van der Waals surface area contributed by atoms with Crippen LogP contribution in [0, 0.1) is 17.8 Å². The Morgan fingerprint density at radius 3 is 2.28 bits per heavy atom. The lowest BCUT2D eigenvalue weighted by atomic mass is 9.67. The molecule has 1 amide bonds. The number of esters is 2. The monoisotopic (exact) mass is 488 g/mol. The van der Waals surface area contributed by atoms with E-state index in [-0.39, 0.29) is 11.6 Å². The van der Waals surface area contributed by atoms with Gasteiger partial charge in [0.15, 0.2) is 0 Å². The Bertz CT molecular complexity index is 1220. The molecular weight excluding hydrogens is 460 g/mol. The number of benzene rings is 2. The summed E-state index contributed by atoms with van der Waals surface area (Å²) in [6.07, 6.45) is 5.25. The minimum atomic E-state index is -1.11. The second-order valence-corrected chi connectivity index (χ2v) is 8.66. The SMILES string of the molecule is COC(=O)/C(O)=C(\C(=O)OC)C1=NC(=O)[C@@H]([C@H](Nc2ccccc2)c2ccccc2)[C@H]2C=CCC[C@@H]12. The van der Waals surface area contributed by atoms with Crippen molar-refractivity contribution in [1.82, 2.24) is 0 Å². The molecule has 0 saturated carbocycles. The predicted molar refractivity (Wildman–Crippen MR) is 134 cm³/mol. The third-order valence-corrected chi connectivity index (χ3v) is 6.62. The highest BCUT2D eigenvalue weighted by atomic mass is 16.5. The van der Waals surface area contributed by atoms with E-state index < -0.39 is 47.1 Å². The zero-order valence-corrected chi connectivity index (χ0v) is 20.1. The lowest BCUT2D eigenvalue weighted by Crippen LogP contribution is -2.45. The molecule has 1 aliphatic heterocycles. The number of methoxy groups -OCH3 is 2. The van der Waals surface area contributed by atoms with Crippen LogP contribution in [0.15, 0.2) is 89.1 Å². The number of nitrogens with zero attached hydrogens (tertiary/aromatic N) is 1. The van der Waals surface area contributed by atoms with Gasteiger partial charge in [-0.1, -0.05) is 60.7 Å². The minimum Gasteiger partial charge on any atom is -0.501 e. The number of carbonyl (C=O) groups is 3. The van der Waals surface area contributed by atoms with Crippen LogP contribution in [0.25, 0.3) is 0 Å². The number of hydrogen-bond acceptors (Lipinski definition) is 7. The lowest BCUT2D eigenvalue weighted by molar-refractivity contribution is -0.141. The van der Waals surface area contributed by atoms with Crippen molar-refractivity contribution in [1.29, 1.82) is 0 Å². The van der Waals surface area contributed by atoms with Crippen LogP contribution in [0.4, 0.5) is 5.69 Å². The average Bonchev–Trinajstić information content (AvgIpc) is 2.92. The number of rotatable bonds is 7. The van der Waals surface area contributed by atoms with Crippen LogP contribution < -0.4 is 5.32 Å². The van der Waals surface area contributed by atoms with E-state index in [1.807, 2.05) is 72.8 Å². The molecule has 2 N–H and O–H groups in total. The van der Waals surface area contributed by atoms with Gasteiger partial charge in [0.1, 0.15) is 5.57 Å². The topological polar surface area (TPSA) is 114 Å². The lowest BCUT2D eigenvalue weighted by Gasteiger charge is -2.41. The van der Waals surface area contributed by atoms with E-state index in [4.69, 9.17) is 4.74 Å². The van der Waals surface area contributed by atoms with Gasteiger partial charge in [-0.05, 0) is 36.5 Å². The normalized spacial score (nSPS) is 22.4. The Hall–Kier alpha value is -4.20. The van der Waals surface area contributed by atoms with Gasteiger partial charge < -0.3 is 19.9 Å². The van der Waals surface area contributed by atoms with Crippen LogP contribution >= 0.6 is 0 Å². The van der Waals surface area contributed by atoms with Crippen LogP contribution in [-0.2, 0) is 23.9 Å².